The van der Waals surface area contributed by atoms with Gasteiger partial charge in [0.25, 0.3) is 0 Å². The average molecular weight is 420 g/mol. The van der Waals surface area contributed by atoms with Gasteiger partial charge in [0.2, 0.25) is 11.8 Å². The third-order valence-electron chi connectivity index (χ3n) is 5.24. The largest absolute Gasteiger partial charge is 0.494 e. The van der Waals surface area contributed by atoms with Gasteiger partial charge < -0.3 is 20.1 Å². The molecule has 7 nitrogen and oxygen atoms in total. The van der Waals surface area contributed by atoms with Gasteiger partial charge in [-0.1, -0.05) is 19.8 Å². The minimum atomic E-state index is -0.0907. The number of nitrogens with zero attached hydrogens (tertiary/aromatic N) is 1. The highest BCUT2D eigenvalue weighted by molar-refractivity contribution is 5.94. The predicted molar refractivity (Wildman–Crippen MR) is 119 cm³/mol. The zero-order valence-electron chi connectivity index (χ0n) is 18.7. The molecule has 0 atom stereocenters. The summed E-state index contributed by atoms with van der Waals surface area (Å²) in [6.07, 6.45) is 4.91. The lowest BCUT2D eigenvalue weighted by molar-refractivity contribution is -0.126. The van der Waals surface area contributed by atoms with Crippen LogP contribution in [0.25, 0.3) is 0 Å². The summed E-state index contributed by atoms with van der Waals surface area (Å²) in [6, 6.07) is 5.44. The second-order valence-corrected chi connectivity index (χ2v) is 7.62. The third kappa shape index (κ3) is 7.86. The molecule has 168 valence electrons. The maximum atomic E-state index is 12.6. The molecule has 2 amide bonds. The van der Waals surface area contributed by atoms with Gasteiger partial charge in [0.05, 0.1) is 25.4 Å². The first-order valence-electron chi connectivity index (χ1n) is 11.3. The first-order chi connectivity index (χ1) is 14.6. The Morgan fingerprint density at radius 1 is 1.07 bits per heavy atom. The highest BCUT2D eigenvalue weighted by Gasteiger charge is 2.25. The van der Waals surface area contributed by atoms with E-state index in [2.05, 4.69) is 22.5 Å². The van der Waals surface area contributed by atoms with Crippen LogP contribution >= 0.6 is 0 Å². The Kier molecular flexibility index (Phi) is 10.5. The zero-order chi connectivity index (χ0) is 21.8. The molecule has 1 heterocycles. The molecule has 1 aliphatic rings. The van der Waals surface area contributed by atoms with Crippen molar-refractivity contribution in [2.75, 3.05) is 44.7 Å². The van der Waals surface area contributed by atoms with Crippen LogP contribution in [0.5, 0.6) is 11.5 Å². The Hall–Kier alpha value is -2.28. The number of benzene rings is 1. The fraction of sp³-hybridized carbons (Fsp3) is 0.652. The van der Waals surface area contributed by atoms with E-state index in [1.807, 2.05) is 26.0 Å². The van der Waals surface area contributed by atoms with Crippen LogP contribution in [0.3, 0.4) is 0 Å². The number of carbonyl (C=O) groups excluding carboxylic acids is 2. The molecule has 0 spiro atoms. The monoisotopic (exact) mass is 419 g/mol. The normalized spacial score (nSPS) is 14.9. The van der Waals surface area contributed by atoms with E-state index in [1.165, 1.54) is 0 Å². The molecule has 0 radical (unpaired) electrons. The van der Waals surface area contributed by atoms with Gasteiger partial charge in [-0.2, -0.15) is 0 Å². The van der Waals surface area contributed by atoms with Crippen LogP contribution in [0.15, 0.2) is 18.2 Å². The zero-order valence-corrected chi connectivity index (χ0v) is 18.7. The van der Waals surface area contributed by atoms with E-state index in [4.69, 9.17) is 9.47 Å². The first-order valence-corrected chi connectivity index (χ1v) is 11.3. The van der Waals surface area contributed by atoms with Crippen molar-refractivity contribution in [3.05, 3.63) is 18.2 Å². The van der Waals surface area contributed by atoms with Crippen molar-refractivity contribution in [1.82, 2.24) is 10.2 Å². The second kappa shape index (κ2) is 13.1. The van der Waals surface area contributed by atoms with Crippen molar-refractivity contribution >= 4 is 17.5 Å². The molecule has 2 rings (SSSR count). The molecule has 1 saturated heterocycles. The number of ether oxygens (including phenoxy) is 2. The maximum absolute atomic E-state index is 12.6. The molecule has 0 saturated carbocycles. The third-order valence-corrected chi connectivity index (χ3v) is 5.24. The summed E-state index contributed by atoms with van der Waals surface area (Å²) in [6.45, 7) is 9.62. The second-order valence-electron chi connectivity index (χ2n) is 7.62. The highest BCUT2D eigenvalue weighted by Crippen LogP contribution is 2.29. The summed E-state index contributed by atoms with van der Waals surface area (Å²) in [7, 11) is 0. The van der Waals surface area contributed by atoms with Gasteiger partial charge in [0.15, 0.2) is 0 Å². The Labute approximate surface area is 180 Å². The molecule has 30 heavy (non-hydrogen) atoms. The minimum absolute atomic E-state index is 0.0540. The van der Waals surface area contributed by atoms with Crippen LogP contribution in [0.4, 0.5) is 5.69 Å². The fourth-order valence-electron chi connectivity index (χ4n) is 3.62. The van der Waals surface area contributed by atoms with Gasteiger partial charge in [0.1, 0.15) is 11.5 Å². The van der Waals surface area contributed by atoms with Gasteiger partial charge in [-0.05, 0) is 58.3 Å². The van der Waals surface area contributed by atoms with E-state index in [9.17, 15) is 9.59 Å². The van der Waals surface area contributed by atoms with Crippen molar-refractivity contribution < 1.29 is 19.1 Å². The lowest BCUT2D eigenvalue weighted by Crippen LogP contribution is -2.43. The Balaban J connectivity index is 1.81. The SMILES string of the molecule is CCCCCNC(=O)C1CCN(CC(=O)Nc2cc(OCC)ccc2OCC)CC1. The molecule has 1 aromatic carbocycles. The number of rotatable bonds is 12. The van der Waals surface area contributed by atoms with E-state index in [0.717, 1.165) is 51.7 Å². The van der Waals surface area contributed by atoms with Crippen LogP contribution in [0, 0.1) is 5.92 Å². The molecule has 0 unspecified atom stereocenters. The minimum Gasteiger partial charge on any atom is -0.494 e. The summed E-state index contributed by atoms with van der Waals surface area (Å²) in [5, 5.41) is 6.00. The molecule has 0 aliphatic carbocycles. The lowest BCUT2D eigenvalue weighted by atomic mass is 9.96. The topological polar surface area (TPSA) is 79.9 Å². The van der Waals surface area contributed by atoms with Crippen LogP contribution < -0.4 is 20.1 Å². The summed E-state index contributed by atoms with van der Waals surface area (Å²) < 4.78 is 11.2. The fourth-order valence-corrected chi connectivity index (χ4v) is 3.62. The number of piperidine rings is 1. The number of unbranched alkanes of at least 4 members (excludes halogenated alkanes) is 2. The van der Waals surface area contributed by atoms with Crippen LogP contribution in [-0.2, 0) is 9.59 Å². The molecule has 7 heteroatoms. The van der Waals surface area contributed by atoms with E-state index >= 15 is 0 Å². The summed E-state index contributed by atoms with van der Waals surface area (Å²) >= 11 is 0. The van der Waals surface area contributed by atoms with Gasteiger partial charge in [-0.3, -0.25) is 14.5 Å². The molecule has 1 aliphatic heterocycles. The quantitative estimate of drug-likeness (QED) is 0.507. The molecular weight excluding hydrogens is 382 g/mol. The van der Waals surface area contributed by atoms with Crippen LogP contribution in [0.2, 0.25) is 0 Å². The van der Waals surface area contributed by atoms with Crippen molar-refractivity contribution in [3.63, 3.8) is 0 Å². The highest BCUT2D eigenvalue weighted by atomic mass is 16.5. The van der Waals surface area contributed by atoms with Crippen LogP contribution in [-0.4, -0.2) is 56.1 Å². The Morgan fingerprint density at radius 2 is 1.80 bits per heavy atom. The molecule has 1 aromatic rings. The Bertz CT molecular complexity index is 672. The van der Waals surface area contributed by atoms with Gasteiger partial charge >= 0.3 is 0 Å². The summed E-state index contributed by atoms with van der Waals surface area (Å²) in [5.41, 5.74) is 0.620. The van der Waals surface area contributed by atoms with Gasteiger partial charge in [-0.25, -0.2) is 0 Å². The van der Waals surface area contributed by atoms with Crippen molar-refractivity contribution in [1.29, 1.82) is 0 Å². The number of nitrogens with one attached hydrogen (secondary N) is 2. The van der Waals surface area contributed by atoms with Crippen molar-refractivity contribution in [2.45, 2.75) is 52.9 Å². The smallest absolute Gasteiger partial charge is 0.238 e. The number of likely N-dealkylation sites (tertiary alicyclic amines) is 1. The summed E-state index contributed by atoms with van der Waals surface area (Å²) in [4.78, 5) is 27.0. The van der Waals surface area contributed by atoms with Crippen molar-refractivity contribution in [3.8, 4) is 11.5 Å². The summed E-state index contributed by atoms with van der Waals surface area (Å²) in [5.74, 6) is 1.45. The number of hydrogen-bond donors (Lipinski definition) is 2. The number of anilines is 1. The van der Waals surface area contributed by atoms with Gasteiger partial charge in [0, 0.05) is 18.5 Å². The van der Waals surface area contributed by atoms with E-state index in [0.29, 0.717) is 36.9 Å². The number of hydrogen-bond acceptors (Lipinski definition) is 5. The molecule has 2 N–H and O–H groups in total. The van der Waals surface area contributed by atoms with E-state index in [-0.39, 0.29) is 17.7 Å². The standard InChI is InChI=1S/C23H37N3O4/c1-4-7-8-13-24-23(28)18-11-14-26(15-12-18)17-22(27)25-20-16-19(29-5-2)9-10-21(20)30-6-3/h9-10,16,18H,4-8,11-15,17H2,1-3H3,(H,24,28)(H,25,27). The molecule has 1 fully saturated rings. The maximum Gasteiger partial charge on any atom is 0.238 e. The average Bonchev–Trinajstić information content (AvgIpc) is 2.74. The first kappa shape index (κ1) is 24.0. The molecule has 0 aromatic heterocycles. The van der Waals surface area contributed by atoms with E-state index in [1.54, 1.807) is 6.07 Å². The number of carbonyl (C=O) groups is 2. The molecular formula is C23H37N3O4. The Morgan fingerprint density at radius 3 is 2.47 bits per heavy atom. The van der Waals surface area contributed by atoms with Gasteiger partial charge in [-0.15, -0.1) is 0 Å². The van der Waals surface area contributed by atoms with E-state index < -0.39 is 0 Å². The molecule has 0 bridgehead atoms. The lowest BCUT2D eigenvalue weighted by Gasteiger charge is -2.30. The van der Waals surface area contributed by atoms with Crippen LogP contribution in [0.1, 0.15) is 52.9 Å². The predicted octanol–water partition coefficient (Wildman–Crippen LogP) is 3.44. The number of amides is 2. The van der Waals surface area contributed by atoms with Crippen molar-refractivity contribution in [2.24, 2.45) is 5.92 Å².